The minimum absolute atomic E-state index is 0.104. The Balaban J connectivity index is 1.54. The Labute approximate surface area is 221 Å². The molecule has 6 nitrogen and oxygen atoms in total. The molecule has 1 N–H and O–H groups in total. The van der Waals surface area contributed by atoms with Gasteiger partial charge in [-0.25, -0.2) is 0 Å². The molecule has 3 aromatic carbocycles. The van der Waals surface area contributed by atoms with Crippen LogP contribution < -0.4 is 9.64 Å². The average molecular weight is 534 g/mol. The second-order valence-corrected chi connectivity index (χ2v) is 8.99. The standard InChI is InChI=1S/C30H22F3NO5/c1-18-15-20(12-13-23(18)39-17-19-7-3-2-4-8-19)27(35)25-26(24-11-6-14-38-24)34(29(37)28(25)36)22-10-5-9-21(16-22)30(31,32)33/h2-16,26,35H,17H2,1H3/b27-25-. The molecular formula is C30H22F3NO5. The maximum atomic E-state index is 13.4. The highest BCUT2D eigenvalue weighted by molar-refractivity contribution is 6.51. The summed E-state index contributed by atoms with van der Waals surface area (Å²) in [4.78, 5) is 27.3. The number of rotatable bonds is 6. The molecule has 2 heterocycles. The van der Waals surface area contributed by atoms with Crippen molar-refractivity contribution in [1.82, 2.24) is 0 Å². The molecule has 1 aliphatic rings. The molecule has 1 unspecified atom stereocenters. The molecule has 1 amide bonds. The third-order valence-electron chi connectivity index (χ3n) is 6.39. The van der Waals surface area contributed by atoms with Crippen LogP contribution in [0.3, 0.4) is 0 Å². The summed E-state index contributed by atoms with van der Waals surface area (Å²) >= 11 is 0. The lowest BCUT2D eigenvalue weighted by Gasteiger charge is -2.24. The third-order valence-corrected chi connectivity index (χ3v) is 6.39. The van der Waals surface area contributed by atoms with E-state index in [1.807, 2.05) is 30.3 Å². The van der Waals surface area contributed by atoms with E-state index >= 15 is 0 Å². The number of ether oxygens (including phenoxy) is 1. The van der Waals surface area contributed by atoms with E-state index in [2.05, 4.69) is 0 Å². The number of Topliss-reactive ketones (excluding diaryl/α,β-unsaturated/α-hetero) is 1. The van der Waals surface area contributed by atoms with Crippen molar-refractivity contribution in [2.45, 2.75) is 25.7 Å². The molecule has 5 rings (SSSR count). The first-order valence-electron chi connectivity index (χ1n) is 11.9. The zero-order valence-electron chi connectivity index (χ0n) is 20.6. The van der Waals surface area contributed by atoms with E-state index in [9.17, 15) is 27.9 Å². The van der Waals surface area contributed by atoms with Gasteiger partial charge in [0.1, 0.15) is 29.9 Å². The summed E-state index contributed by atoms with van der Waals surface area (Å²) in [5.74, 6) is -1.96. The van der Waals surface area contributed by atoms with Crippen molar-refractivity contribution in [3.8, 4) is 5.75 Å². The molecule has 39 heavy (non-hydrogen) atoms. The minimum Gasteiger partial charge on any atom is -0.507 e. The van der Waals surface area contributed by atoms with E-state index in [0.717, 1.165) is 28.7 Å². The van der Waals surface area contributed by atoms with Gasteiger partial charge in [0.25, 0.3) is 11.7 Å². The maximum Gasteiger partial charge on any atom is 0.416 e. The summed E-state index contributed by atoms with van der Waals surface area (Å²) in [6.45, 7) is 2.09. The van der Waals surface area contributed by atoms with Crippen LogP contribution in [0.1, 0.15) is 34.1 Å². The van der Waals surface area contributed by atoms with E-state index in [0.29, 0.717) is 17.9 Å². The number of amides is 1. The van der Waals surface area contributed by atoms with Crippen LogP contribution in [0.4, 0.5) is 18.9 Å². The Morgan fingerprint density at radius 1 is 0.974 bits per heavy atom. The second-order valence-electron chi connectivity index (χ2n) is 8.99. The van der Waals surface area contributed by atoms with E-state index in [1.54, 1.807) is 25.1 Å². The molecule has 0 bridgehead atoms. The molecular weight excluding hydrogens is 511 g/mol. The van der Waals surface area contributed by atoms with Crippen molar-refractivity contribution in [1.29, 1.82) is 0 Å². The van der Waals surface area contributed by atoms with Gasteiger partial charge in [-0.1, -0.05) is 36.4 Å². The molecule has 1 atom stereocenters. The summed E-state index contributed by atoms with van der Waals surface area (Å²) in [5.41, 5.74) is 0.423. The summed E-state index contributed by atoms with van der Waals surface area (Å²) in [7, 11) is 0. The number of hydrogen-bond acceptors (Lipinski definition) is 5. The third kappa shape index (κ3) is 5.03. The lowest BCUT2D eigenvalue weighted by molar-refractivity contribution is -0.137. The number of aryl methyl sites for hydroxylation is 1. The van der Waals surface area contributed by atoms with Crippen LogP contribution in [-0.2, 0) is 22.4 Å². The number of alkyl halides is 3. The van der Waals surface area contributed by atoms with Gasteiger partial charge in [0.15, 0.2) is 0 Å². The van der Waals surface area contributed by atoms with Crippen LogP contribution in [-0.4, -0.2) is 16.8 Å². The fraction of sp³-hybridized carbons (Fsp3) is 0.133. The van der Waals surface area contributed by atoms with Gasteiger partial charge in [0, 0.05) is 11.3 Å². The Kier molecular flexibility index (Phi) is 6.74. The predicted octanol–water partition coefficient (Wildman–Crippen LogP) is 6.81. The number of hydrogen-bond donors (Lipinski definition) is 1. The van der Waals surface area contributed by atoms with E-state index < -0.39 is 35.2 Å². The van der Waals surface area contributed by atoms with Gasteiger partial charge in [-0.2, -0.15) is 13.2 Å². The lowest BCUT2D eigenvalue weighted by atomic mass is 9.98. The van der Waals surface area contributed by atoms with Gasteiger partial charge in [-0.05, 0) is 66.6 Å². The molecule has 9 heteroatoms. The summed E-state index contributed by atoms with van der Waals surface area (Å²) in [5, 5.41) is 11.3. The van der Waals surface area contributed by atoms with Gasteiger partial charge in [-0.3, -0.25) is 14.5 Å². The quantitative estimate of drug-likeness (QED) is 0.167. The highest BCUT2D eigenvalue weighted by Gasteiger charge is 2.48. The Morgan fingerprint density at radius 2 is 1.74 bits per heavy atom. The number of anilines is 1. The summed E-state index contributed by atoms with van der Waals surface area (Å²) in [6, 6.07) is 20.1. The highest BCUT2D eigenvalue weighted by Crippen LogP contribution is 2.43. The number of nitrogens with zero attached hydrogens (tertiary/aromatic N) is 1. The van der Waals surface area contributed by atoms with Crippen molar-refractivity contribution < 1.29 is 37.0 Å². The van der Waals surface area contributed by atoms with Gasteiger partial charge in [0.05, 0.1) is 17.4 Å². The molecule has 1 fully saturated rings. The first-order valence-corrected chi connectivity index (χ1v) is 11.9. The van der Waals surface area contributed by atoms with Gasteiger partial charge < -0.3 is 14.3 Å². The number of carbonyl (C=O) groups is 2. The molecule has 0 radical (unpaired) electrons. The molecule has 0 saturated carbocycles. The summed E-state index contributed by atoms with van der Waals surface area (Å²) < 4.78 is 51.5. The van der Waals surface area contributed by atoms with Gasteiger partial charge in [-0.15, -0.1) is 0 Å². The van der Waals surface area contributed by atoms with Crippen LogP contribution in [0.25, 0.3) is 5.76 Å². The van der Waals surface area contributed by atoms with Crippen LogP contribution in [0.5, 0.6) is 5.75 Å². The molecule has 0 aliphatic carbocycles. The number of aliphatic hydroxyl groups is 1. The van der Waals surface area contributed by atoms with Gasteiger partial charge in [0.2, 0.25) is 0 Å². The Hall–Kier alpha value is -4.79. The predicted molar refractivity (Wildman–Crippen MR) is 137 cm³/mol. The summed E-state index contributed by atoms with van der Waals surface area (Å²) in [6.07, 6.45) is -3.35. The van der Waals surface area contributed by atoms with Crippen molar-refractivity contribution in [2.24, 2.45) is 0 Å². The fourth-order valence-electron chi connectivity index (χ4n) is 4.50. The van der Waals surface area contributed by atoms with Crippen LogP contribution >= 0.6 is 0 Å². The number of ketones is 1. The van der Waals surface area contributed by atoms with Crippen LogP contribution in [0.2, 0.25) is 0 Å². The molecule has 1 aromatic heterocycles. The smallest absolute Gasteiger partial charge is 0.416 e. The number of benzene rings is 3. The maximum absolute atomic E-state index is 13.4. The average Bonchev–Trinajstić information content (AvgIpc) is 3.54. The SMILES string of the molecule is Cc1cc(/C(O)=C2/C(=O)C(=O)N(c3cccc(C(F)(F)F)c3)C2c2ccco2)ccc1OCc1ccccc1. The van der Waals surface area contributed by atoms with E-state index in [-0.39, 0.29) is 22.6 Å². The van der Waals surface area contributed by atoms with Crippen molar-refractivity contribution in [3.05, 3.63) is 125 Å². The van der Waals surface area contributed by atoms with Crippen molar-refractivity contribution in [3.63, 3.8) is 0 Å². The first kappa shape index (κ1) is 25.8. The van der Waals surface area contributed by atoms with E-state index in [1.165, 1.54) is 24.5 Å². The molecule has 0 spiro atoms. The highest BCUT2D eigenvalue weighted by atomic mass is 19.4. The molecule has 1 saturated heterocycles. The fourth-order valence-corrected chi connectivity index (χ4v) is 4.50. The van der Waals surface area contributed by atoms with Crippen molar-refractivity contribution in [2.75, 3.05) is 4.90 Å². The molecule has 198 valence electrons. The largest absolute Gasteiger partial charge is 0.507 e. The molecule has 1 aliphatic heterocycles. The van der Waals surface area contributed by atoms with Crippen LogP contribution in [0, 0.1) is 6.92 Å². The Bertz CT molecular complexity index is 1560. The van der Waals surface area contributed by atoms with E-state index in [4.69, 9.17) is 9.15 Å². The first-order chi connectivity index (χ1) is 18.6. The minimum atomic E-state index is -4.66. The second kappa shape index (κ2) is 10.2. The topological polar surface area (TPSA) is 80.0 Å². The number of carbonyl (C=O) groups excluding carboxylic acids is 2. The van der Waals surface area contributed by atoms with Crippen LogP contribution in [0.15, 0.2) is 101 Å². The number of furan rings is 1. The zero-order valence-corrected chi connectivity index (χ0v) is 20.6. The monoisotopic (exact) mass is 533 g/mol. The number of halogens is 3. The Morgan fingerprint density at radius 3 is 2.41 bits per heavy atom. The zero-order chi connectivity index (χ0) is 27.7. The lowest BCUT2D eigenvalue weighted by Crippen LogP contribution is -2.29. The van der Waals surface area contributed by atoms with Crippen molar-refractivity contribution >= 4 is 23.1 Å². The normalized spacial score (nSPS) is 17.0. The molecule has 4 aromatic rings. The number of aliphatic hydroxyl groups excluding tert-OH is 1. The van der Waals surface area contributed by atoms with Gasteiger partial charge >= 0.3 is 6.18 Å².